The molecule has 1 aliphatic rings. The van der Waals surface area contributed by atoms with E-state index in [0.29, 0.717) is 22.7 Å². The average Bonchev–Trinajstić information content (AvgIpc) is 2.75. The first-order valence-electron chi connectivity index (χ1n) is 9.69. The van der Waals surface area contributed by atoms with Gasteiger partial charge in [0.05, 0.1) is 7.11 Å². The van der Waals surface area contributed by atoms with Gasteiger partial charge in [-0.25, -0.2) is 0 Å². The van der Waals surface area contributed by atoms with Gasteiger partial charge in [-0.3, -0.25) is 24.5 Å². The molecule has 1 aliphatic heterocycles. The Morgan fingerprint density at radius 2 is 2.00 bits per heavy atom. The van der Waals surface area contributed by atoms with Gasteiger partial charge >= 0.3 is 17.9 Å². The van der Waals surface area contributed by atoms with Crippen molar-refractivity contribution in [2.24, 2.45) is 4.99 Å². The second-order valence-electron chi connectivity index (χ2n) is 6.96. The summed E-state index contributed by atoms with van der Waals surface area (Å²) >= 11 is 0. The molecule has 11 nitrogen and oxygen atoms in total. The lowest BCUT2D eigenvalue weighted by Crippen LogP contribution is -2.50. The molecule has 0 aromatic heterocycles. The molecule has 2 N–H and O–H groups in total. The van der Waals surface area contributed by atoms with E-state index in [4.69, 9.17) is 9.47 Å². The first-order chi connectivity index (χ1) is 15.8. The van der Waals surface area contributed by atoms with Crippen molar-refractivity contribution in [1.82, 2.24) is 5.32 Å². The second-order valence-corrected chi connectivity index (χ2v) is 6.96. The number of anilines is 1. The number of carbonyl (C=O) groups is 3. The number of aryl methyl sites for hydroxylation is 1. The topological polar surface area (TPSA) is 149 Å². The molecule has 33 heavy (non-hydrogen) atoms. The van der Waals surface area contributed by atoms with Crippen LogP contribution in [0.3, 0.4) is 0 Å². The Hall–Kier alpha value is -4.54. The number of rotatable bonds is 8. The van der Waals surface area contributed by atoms with Gasteiger partial charge < -0.3 is 20.1 Å². The van der Waals surface area contributed by atoms with Gasteiger partial charge in [-0.1, -0.05) is 24.3 Å². The predicted octanol–water partition coefficient (Wildman–Crippen LogP) is 1.73. The summed E-state index contributed by atoms with van der Waals surface area (Å²) in [5, 5.41) is 15.7. The molecule has 0 radical (unpaired) electrons. The van der Waals surface area contributed by atoms with E-state index in [2.05, 4.69) is 15.6 Å². The van der Waals surface area contributed by atoms with Gasteiger partial charge in [0, 0.05) is 10.6 Å². The molecule has 11 heteroatoms. The molecule has 1 heterocycles. The van der Waals surface area contributed by atoms with E-state index < -0.39 is 22.8 Å². The SMILES string of the molecule is COc1cc(/C=C/C2=NC(=O)C([N+](=O)[O-])C(=O)N2)ccc1OCC(=O)Nc1cccc(C)c1. The molecule has 0 bridgehead atoms. The van der Waals surface area contributed by atoms with Crippen molar-refractivity contribution in [3.8, 4) is 11.5 Å². The van der Waals surface area contributed by atoms with Gasteiger partial charge in [-0.15, -0.1) is 0 Å². The summed E-state index contributed by atoms with van der Waals surface area (Å²) < 4.78 is 10.9. The van der Waals surface area contributed by atoms with Crippen molar-refractivity contribution in [1.29, 1.82) is 0 Å². The summed E-state index contributed by atoms with van der Waals surface area (Å²) in [4.78, 5) is 48.8. The number of hydrogen-bond acceptors (Lipinski definition) is 7. The number of benzene rings is 2. The fourth-order valence-corrected chi connectivity index (χ4v) is 2.92. The van der Waals surface area contributed by atoms with Gasteiger partial charge in [0.15, 0.2) is 18.1 Å². The molecule has 3 rings (SSSR count). The maximum absolute atomic E-state index is 12.2. The summed E-state index contributed by atoms with van der Waals surface area (Å²) in [6, 6.07) is 10.2. The van der Waals surface area contributed by atoms with Gasteiger partial charge in [0.1, 0.15) is 5.84 Å². The molecule has 170 valence electrons. The van der Waals surface area contributed by atoms with Gasteiger partial charge in [0.2, 0.25) is 0 Å². The first kappa shape index (κ1) is 23.1. The Labute approximate surface area is 188 Å². The van der Waals surface area contributed by atoms with E-state index >= 15 is 0 Å². The van der Waals surface area contributed by atoms with E-state index in [1.165, 1.54) is 19.3 Å². The molecule has 3 amide bonds. The van der Waals surface area contributed by atoms with Crippen LogP contribution in [0, 0.1) is 17.0 Å². The monoisotopic (exact) mass is 452 g/mol. The zero-order valence-corrected chi connectivity index (χ0v) is 17.7. The molecule has 0 fully saturated rings. The van der Waals surface area contributed by atoms with Crippen molar-refractivity contribution < 1.29 is 28.8 Å². The minimum atomic E-state index is -2.04. The Bertz CT molecular complexity index is 1170. The van der Waals surface area contributed by atoms with Crippen LogP contribution in [-0.4, -0.2) is 48.2 Å². The molecule has 0 saturated carbocycles. The predicted molar refractivity (Wildman–Crippen MR) is 119 cm³/mol. The average molecular weight is 452 g/mol. The second kappa shape index (κ2) is 10.2. The van der Waals surface area contributed by atoms with Crippen LogP contribution < -0.4 is 20.1 Å². The van der Waals surface area contributed by atoms with Crippen molar-refractivity contribution >= 4 is 35.3 Å². The minimum absolute atomic E-state index is 0.116. The molecule has 2 aromatic rings. The largest absolute Gasteiger partial charge is 0.493 e. The number of nitro groups is 1. The molecular weight excluding hydrogens is 432 g/mol. The van der Waals surface area contributed by atoms with Crippen LogP contribution in [0.15, 0.2) is 53.5 Å². The van der Waals surface area contributed by atoms with E-state index in [-0.39, 0.29) is 18.3 Å². The zero-order valence-electron chi connectivity index (χ0n) is 17.7. The lowest BCUT2D eigenvalue weighted by atomic mass is 10.1. The van der Waals surface area contributed by atoms with Crippen molar-refractivity contribution in [3.05, 3.63) is 69.8 Å². The number of ether oxygens (including phenoxy) is 2. The molecule has 1 atom stereocenters. The molecule has 0 spiro atoms. The molecular formula is C22H20N4O7. The fourth-order valence-electron chi connectivity index (χ4n) is 2.92. The Morgan fingerprint density at radius 3 is 2.67 bits per heavy atom. The van der Waals surface area contributed by atoms with Crippen molar-refractivity contribution in [3.63, 3.8) is 0 Å². The molecule has 2 aromatic carbocycles. The summed E-state index contributed by atoms with van der Waals surface area (Å²) in [5.41, 5.74) is 2.28. The maximum atomic E-state index is 12.2. The number of nitrogens with zero attached hydrogens (tertiary/aromatic N) is 2. The van der Waals surface area contributed by atoms with Gasteiger partial charge in [-0.2, -0.15) is 4.99 Å². The Kier molecular flexibility index (Phi) is 7.13. The van der Waals surface area contributed by atoms with E-state index in [1.807, 2.05) is 25.1 Å². The minimum Gasteiger partial charge on any atom is -0.493 e. The highest BCUT2D eigenvalue weighted by molar-refractivity contribution is 6.21. The number of methoxy groups -OCH3 is 1. The van der Waals surface area contributed by atoms with E-state index in [1.54, 1.807) is 24.3 Å². The first-order valence-corrected chi connectivity index (χ1v) is 9.69. The van der Waals surface area contributed by atoms with Crippen LogP contribution in [0.2, 0.25) is 0 Å². The Balaban J connectivity index is 1.64. The van der Waals surface area contributed by atoms with Crippen LogP contribution in [0.4, 0.5) is 5.69 Å². The van der Waals surface area contributed by atoms with Crippen LogP contribution in [-0.2, 0) is 14.4 Å². The number of amides is 3. The zero-order chi connectivity index (χ0) is 24.0. The standard InChI is InChI=1S/C22H20N4O7/c1-13-4-3-5-15(10-13)23-19(27)12-33-16-8-6-14(11-17(16)32-2)7-9-18-24-21(28)20(26(30)31)22(29)25-18/h3-11,20H,12H2,1-2H3,(H,23,27)(H,24,25,28,29)/b9-7+. The number of hydrogen-bond donors (Lipinski definition) is 2. The van der Waals surface area contributed by atoms with E-state index in [0.717, 1.165) is 5.56 Å². The number of amidine groups is 1. The summed E-state index contributed by atoms with van der Waals surface area (Å²) in [5.74, 6) is -1.97. The smallest absolute Gasteiger partial charge is 0.368 e. The molecule has 1 unspecified atom stereocenters. The fraction of sp³-hybridized carbons (Fsp3) is 0.182. The summed E-state index contributed by atoms with van der Waals surface area (Å²) in [6.45, 7) is 1.69. The highest BCUT2D eigenvalue weighted by Gasteiger charge is 2.41. The number of nitrogens with one attached hydrogen (secondary N) is 2. The summed E-state index contributed by atoms with van der Waals surface area (Å²) in [7, 11) is 1.43. The quantitative estimate of drug-likeness (QED) is 0.352. The Morgan fingerprint density at radius 1 is 1.21 bits per heavy atom. The normalized spacial score (nSPS) is 15.6. The highest BCUT2D eigenvalue weighted by atomic mass is 16.6. The van der Waals surface area contributed by atoms with E-state index in [9.17, 15) is 24.5 Å². The maximum Gasteiger partial charge on any atom is 0.368 e. The third kappa shape index (κ3) is 6.00. The third-order valence-corrected chi connectivity index (χ3v) is 4.46. The number of carbonyl (C=O) groups excluding carboxylic acids is 3. The van der Waals surface area contributed by atoms with Crippen LogP contribution in [0.25, 0.3) is 6.08 Å². The van der Waals surface area contributed by atoms with Crippen LogP contribution >= 0.6 is 0 Å². The lowest BCUT2D eigenvalue weighted by molar-refractivity contribution is -0.493. The van der Waals surface area contributed by atoms with Crippen molar-refractivity contribution in [2.75, 3.05) is 19.0 Å². The summed E-state index contributed by atoms with van der Waals surface area (Å²) in [6.07, 6.45) is 2.85. The van der Waals surface area contributed by atoms with Crippen LogP contribution in [0.1, 0.15) is 11.1 Å². The van der Waals surface area contributed by atoms with Crippen LogP contribution in [0.5, 0.6) is 11.5 Å². The lowest BCUT2D eigenvalue weighted by Gasteiger charge is -2.13. The van der Waals surface area contributed by atoms with Gasteiger partial charge in [-0.05, 0) is 48.4 Å². The molecule has 0 aliphatic carbocycles. The number of aliphatic imine (C=N–C) groups is 1. The molecule has 0 saturated heterocycles. The van der Waals surface area contributed by atoms with Gasteiger partial charge in [0.25, 0.3) is 5.91 Å². The van der Waals surface area contributed by atoms with Crippen molar-refractivity contribution in [2.45, 2.75) is 13.0 Å². The third-order valence-electron chi connectivity index (χ3n) is 4.46. The highest BCUT2D eigenvalue weighted by Crippen LogP contribution is 2.28.